The van der Waals surface area contributed by atoms with Gasteiger partial charge in [0.05, 0.1) is 0 Å². The second kappa shape index (κ2) is 4.76. The number of rotatable bonds is 4. The van der Waals surface area contributed by atoms with Gasteiger partial charge in [-0.2, -0.15) is 0 Å². The standard InChI is InChI=1S/C8H6O5/c1-3-5(9)7(11)8(12)13-6(10)4-2/h3-4H,1-2H2. The molecule has 0 aliphatic rings. The molecule has 0 rings (SSSR count). The van der Waals surface area contributed by atoms with Crippen molar-refractivity contribution in [2.45, 2.75) is 0 Å². The summed E-state index contributed by atoms with van der Waals surface area (Å²) in [4.78, 5) is 42.2. The zero-order chi connectivity index (χ0) is 10.4. The summed E-state index contributed by atoms with van der Waals surface area (Å²) in [6.07, 6.45) is 1.35. The molecule has 0 saturated carbocycles. The van der Waals surface area contributed by atoms with Crippen LogP contribution in [-0.2, 0) is 23.9 Å². The molecule has 0 unspecified atom stereocenters. The predicted octanol–water partition coefficient (Wildman–Crippen LogP) is -0.434. The molecule has 0 amide bonds. The fourth-order valence-corrected chi connectivity index (χ4v) is 0.373. The maximum Gasteiger partial charge on any atom is 0.391 e. The Morgan fingerprint density at radius 3 is 1.92 bits per heavy atom. The number of Topliss-reactive ketones (excluding diaryl/α,β-unsaturated/α-hetero) is 1. The highest BCUT2D eigenvalue weighted by Gasteiger charge is 2.23. The highest BCUT2D eigenvalue weighted by atomic mass is 16.6. The van der Waals surface area contributed by atoms with Gasteiger partial charge in [-0.15, -0.1) is 0 Å². The third-order valence-electron chi connectivity index (χ3n) is 0.955. The maximum atomic E-state index is 10.6. The van der Waals surface area contributed by atoms with Crippen molar-refractivity contribution >= 4 is 23.5 Å². The molecule has 0 bridgehead atoms. The van der Waals surface area contributed by atoms with E-state index in [9.17, 15) is 19.2 Å². The van der Waals surface area contributed by atoms with Gasteiger partial charge in [0, 0.05) is 6.08 Å². The van der Waals surface area contributed by atoms with Gasteiger partial charge in [-0.3, -0.25) is 9.59 Å². The third-order valence-corrected chi connectivity index (χ3v) is 0.955. The highest BCUT2D eigenvalue weighted by molar-refractivity contribution is 6.64. The Bertz CT molecular complexity index is 300. The number of hydrogen-bond acceptors (Lipinski definition) is 5. The van der Waals surface area contributed by atoms with E-state index in [0.717, 1.165) is 0 Å². The van der Waals surface area contributed by atoms with Crippen molar-refractivity contribution in [3.05, 3.63) is 25.3 Å². The Morgan fingerprint density at radius 2 is 1.54 bits per heavy atom. The molecule has 68 valence electrons. The molecule has 5 heteroatoms. The van der Waals surface area contributed by atoms with Crippen LogP contribution in [0.3, 0.4) is 0 Å². The Balaban J connectivity index is 4.36. The van der Waals surface area contributed by atoms with E-state index in [2.05, 4.69) is 17.9 Å². The lowest BCUT2D eigenvalue weighted by atomic mass is 10.2. The summed E-state index contributed by atoms with van der Waals surface area (Å²) in [6, 6.07) is 0. The van der Waals surface area contributed by atoms with Crippen molar-refractivity contribution in [2.24, 2.45) is 0 Å². The maximum absolute atomic E-state index is 10.6. The normalized spacial score (nSPS) is 8.31. The first-order chi connectivity index (χ1) is 6.02. The molecule has 13 heavy (non-hydrogen) atoms. The van der Waals surface area contributed by atoms with E-state index < -0.39 is 23.5 Å². The Labute approximate surface area is 73.7 Å². The summed E-state index contributed by atoms with van der Waals surface area (Å²) in [6.45, 7) is 5.98. The molecule has 0 atom stereocenters. The van der Waals surface area contributed by atoms with Crippen molar-refractivity contribution in [3.63, 3.8) is 0 Å². The predicted molar refractivity (Wildman–Crippen MR) is 41.5 cm³/mol. The van der Waals surface area contributed by atoms with Crippen LogP contribution >= 0.6 is 0 Å². The van der Waals surface area contributed by atoms with Gasteiger partial charge in [-0.05, 0) is 6.08 Å². The van der Waals surface area contributed by atoms with Crippen LogP contribution in [0.15, 0.2) is 25.3 Å². The first-order valence-electron chi connectivity index (χ1n) is 3.12. The van der Waals surface area contributed by atoms with Gasteiger partial charge in [-0.25, -0.2) is 9.59 Å². The average molecular weight is 182 g/mol. The Hall–Kier alpha value is -2.04. The van der Waals surface area contributed by atoms with Crippen LogP contribution in [0, 0.1) is 0 Å². The lowest BCUT2D eigenvalue weighted by Crippen LogP contribution is -2.26. The van der Waals surface area contributed by atoms with Gasteiger partial charge in [0.15, 0.2) is 0 Å². The number of esters is 2. The van der Waals surface area contributed by atoms with Gasteiger partial charge in [0.25, 0.3) is 0 Å². The smallest absolute Gasteiger partial charge is 0.384 e. The fraction of sp³-hybridized carbons (Fsp3) is 0. The molecule has 0 aromatic heterocycles. The monoisotopic (exact) mass is 182 g/mol. The molecule has 0 aromatic carbocycles. The third kappa shape index (κ3) is 3.24. The van der Waals surface area contributed by atoms with Crippen LogP contribution in [0.5, 0.6) is 0 Å². The van der Waals surface area contributed by atoms with Crippen LogP contribution in [0.2, 0.25) is 0 Å². The minimum absolute atomic E-state index is 0.655. The average Bonchev–Trinajstić information content (AvgIpc) is 2.14. The van der Waals surface area contributed by atoms with Crippen molar-refractivity contribution in [2.75, 3.05) is 0 Å². The number of allylic oxidation sites excluding steroid dienone is 1. The second-order valence-electron chi connectivity index (χ2n) is 1.81. The molecule has 0 aliphatic heterocycles. The first kappa shape index (κ1) is 11.0. The molecular weight excluding hydrogens is 176 g/mol. The van der Waals surface area contributed by atoms with Crippen LogP contribution in [0.4, 0.5) is 0 Å². The summed E-state index contributed by atoms with van der Waals surface area (Å²) in [5, 5.41) is 0. The summed E-state index contributed by atoms with van der Waals surface area (Å²) in [7, 11) is 0. The molecule has 0 radical (unpaired) electrons. The lowest BCUT2D eigenvalue weighted by molar-refractivity contribution is -0.162. The van der Waals surface area contributed by atoms with Gasteiger partial charge >= 0.3 is 17.7 Å². The summed E-state index contributed by atoms with van der Waals surface area (Å²) in [5.74, 6) is -5.18. The minimum atomic E-state index is -1.53. The molecule has 0 aliphatic carbocycles. The van der Waals surface area contributed by atoms with E-state index in [1.165, 1.54) is 0 Å². The first-order valence-corrected chi connectivity index (χ1v) is 3.12. The SMILES string of the molecule is C=CC(=O)OC(=O)C(=O)C(=O)C=C. The molecular formula is C8H6O5. The number of ether oxygens (including phenoxy) is 1. The van der Waals surface area contributed by atoms with Crippen LogP contribution in [0.25, 0.3) is 0 Å². The molecule has 0 heterocycles. The lowest BCUT2D eigenvalue weighted by Gasteiger charge is -1.94. The van der Waals surface area contributed by atoms with E-state index in [0.29, 0.717) is 12.2 Å². The van der Waals surface area contributed by atoms with Crippen LogP contribution in [0.1, 0.15) is 0 Å². The highest BCUT2D eigenvalue weighted by Crippen LogP contribution is 1.87. The zero-order valence-corrected chi connectivity index (χ0v) is 6.61. The van der Waals surface area contributed by atoms with E-state index in [-0.39, 0.29) is 0 Å². The second-order valence-corrected chi connectivity index (χ2v) is 1.81. The van der Waals surface area contributed by atoms with Crippen molar-refractivity contribution < 1.29 is 23.9 Å². The van der Waals surface area contributed by atoms with Gasteiger partial charge < -0.3 is 4.74 Å². The minimum Gasteiger partial charge on any atom is -0.384 e. The van der Waals surface area contributed by atoms with Crippen LogP contribution in [-0.4, -0.2) is 23.5 Å². The van der Waals surface area contributed by atoms with E-state index in [1.807, 2.05) is 0 Å². The summed E-state index contributed by atoms with van der Waals surface area (Å²) in [5.41, 5.74) is 0. The zero-order valence-electron chi connectivity index (χ0n) is 6.61. The summed E-state index contributed by atoms with van der Waals surface area (Å²) < 4.78 is 3.87. The molecule has 0 N–H and O–H groups in total. The van der Waals surface area contributed by atoms with E-state index in [4.69, 9.17) is 0 Å². The largest absolute Gasteiger partial charge is 0.391 e. The molecule has 5 nitrogen and oxygen atoms in total. The van der Waals surface area contributed by atoms with Gasteiger partial charge in [0.2, 0.25) is 5.78 Å². The fourth-order valence-electron chi connectivity index (χ4n) is 0.373. The van der Waals surface area contributed by atoms with Gasteiger partial charge in [-0.1, -0.05) is 13.2 Å². The van der Waals surface area contributed by atoms with Crippen molar-refractivity contribution in [3.8, 4) is 0 Å². The van der Waals surface area contributed by atoms with Crippen molar-refractivity contribution in [1.29, 1.82) is 0 Å². The molecule has 0 saturated heterocycles. The van der Waals surface area contributed by atoms with E-state index in [1.54, 1.807) is 0 Å². The number of hydrogen-bond donors (Lipinski definition) is 0. The Morgan fingerprint density at radius 1 is 1.00 bits per heavy atom. The molecule has 0 fully saturated rings. The molecule has 0 spiro atoms. The van der Waals surface area contributed by atoms with Crippen LogP contribution < -0.4 is 0 Å². The van der Waals surface area contributed by atoms with Gasteiger partial charge in [0.1, 0.15) is 0 Å². The Kier molecular flexibility index (Phi) is 4.01. The number of ketones is 2. The van der Waals surface area contributed by atoms with Crippen molar-refractivity contribution in [1.82, 2.24) is 0 Å². The molecule has 0 aromatic rings. The quantitative estimate of drug-likeness (QED) is 0.255. The number of carbonyl (C=O) groups is 4. The number of carbonyl (C=O) groups excluding carboxylic acids is 4. The topological polar surface area (TPSA) is 77.5 Å². The summed E-state index contributed by atoms with van der Waals surface area (Å²) >= 11 is 0. The van der Waals surface area contributed by atoms with E-state index >= 15 is 0 Å².